The molecule has 3 N–H and O–H groups in total. The van der Waals surface area contributed by atoms with Crippen molar-refractivity contribution in [1.29, 1.82) is 0 Å². The first-order valence-corrected chi connectivity index (χ1v) is 9.69. The number of hydrogen-bond donors (Lipinski definition) is 3. The molecule has 0 unspecified atom stereocenters. The molecule has 1 saturated heterocycles. The molecule has 1 aliphatic rings. The third-order valence-electron chi connectivity index (χ3n) is 4.86. The van der Waals surface area contributed by atoms with E-state index in [9.17, 15) is 0 Å². The van der Waals surface area contributed by atoms with Crippen LogP contribution in [0.1, 0.15) is 36.5 Å². The van der Waals surface area contributed by atoms with Gasteiger partial charge in [-0.2, -0.15) is 0 Å². The van der Waals surface area contributed by atoms with Crippen LogP contribution in [0.5, 0.6) is 0 Å². The first-order valence-electron chi connectivity index (χ1n) is 9.28. The average Bonchev–Trinajstić information content (AvgIpc) is 3.15. The van der Waals surface area contributed by atoms with Gasteiger partial charge in [0.2, 0.25) is 0 Å². The first-order chi connectivity index (χ1) is 12.2. The van der Waals surface area contributed by atoms with E-state index >= 15 is 0 Å². The standard InChI is InChI=1S/C21H27N3S/c1-2-17-9-11-20(12-10-17)23-21(25)22-15-18-5-7-19(8-6-18)16-24-13-3-4-14-24/h5-12H,2-4,13-16H2,1H3,(H2,22,23,25)/p+1. The fourth-order valence-corrected chi connectivity index (χ4v) is 3.49. The van der Waals surface area contributed by atoms with Gasteiger partial charge in [-0.3, -0.25) is 0 Å². The number of quaternary nitrogens is 1. The highest BCUT2D eigenvalue weighted by molar-refractivity contribution is 7.80. The summed E-state index contributed by atoms with van der Waals surface area (Å²) >= 11 is 5.39. The van der Waals surface area contributed by atoms with E-state index in [1.807, 2.05) is 0 Å². The topological polar surface area (TPSA) is 28.5 Å². The highest BCUT2D eigenvalue weighted by Gasteiger charge is 2.15. The fourth-order valence-electron chi connectivity index (χ4n) is 3.30. The molecular weight excluding hydrogens is 326 g/mol. The molecule has 3 rings (SSSR count). The summed E-state index contributed by atoms with van der Waals surface area (Å²) in [6, 6.07) is 17.3. The fraction of sp³-hybridized carbons (Fsp3) is 0.381. The smallest absolute Gasteiger partial charge is 0.171 e. The Bertz CT molecular complexity index is 673. The highest BCUT2D eigenvalue weighted by Crippen LogP contribution is 2.10. The predicted molar refractivity (Wildman–Crippen MR) is 109 cm³/mol. The molecule has 25 heavy (non-hydrogen) atoms. The van der Waals surface area contributed by atoms with Crippen LogP contribution in [0.4, 0.5) is 5.69 Å². The lowest BCUT2D eigenvalue weighted by atomic mass is 10.1. The number of anilines is 1. The van der Waals surface area contributed by atoms with Gasteiger partial charge in [-0.1, -0.05) is 43.3 Å². The van der Waals surface area contributed by atoms with Gasteiger partial charge >= 0.3 is 0 Å². The lowest BCUT2D eigenvalue weighted by Gasteiger charge is -2.13. The molecule has 3 nitrogen and oxygen atoms in total. The van der Waals surface area contributed by atoms with Gasteiger partial charge in [-0.25, -0.2) is 0 Å². The Hall–Kier alpha value is -1.91. The highest BCUT2D eigenvalue weighted by atomic mass is 32.1. The molecule has 0 bridgehead atoms. The molecule has 1 heterocycles. The normalized spacial score (nSPS) is 14.4. The Balaban J connectivity index is 1.44. The summed E-state index contributed by atoms with van der Waals surface area (Å²) in [5, 5.41) is 7.19. The first kappa shape index (κ1) is 17.9. The number of nitrogens with one attached hydrogen (secondary N) is 3. The quantitative estimate of drug-likeness (QED) is 0.697. The van der Waals surface area contributed by atoms with Crippen LogP contribution in [0.3, 0.4) is 0 Å². The Kier molecular flexibility index (Phi) is 6.42. The molecule has 2 aromatic carbocycles. The van der Waals surface area contributed by atoms with Crippen LogP contribution in [0.15, 0.2) is 48.5 Å². The summed E-state index contributed by atoms with van der Waals surface area (Å²) < 4.78 is 0. The number of likely N-dealkylation sites (tertiary alicyclic amines) is 1. The summed E-state index contributed by atoms with van der Waals surface area (Å²) in [7, 11) is 0. The molecule has 0 saturated carbocycles. The maximum atomic E-state index is 5.39. The summed E-state index contributed by atoms with van der Waals surface area (Å²) in [5.41, 5.74) is 5.04. The zero-order chi connectivity index (χ0) is 17.5. The van der Waals surface area contributed by atoms with Gasteiger partial charge in [0.05, 0.1) is 13.1 Å². The zero-order valence-corrected chi connectivity index (χ0v) is 15.8. The number of rotatable bonds is 6. The van der Waals surface area contributed by atoms with E-state index in [2.05, 4.69) is 66.1 Å². The second-order valence-electron chi connectivity index (χ2n) is 6.81. The van der Waals surface area contributed by atoms with E-state index in [1.54, 1.807) is 4.90 Å². The van der Waals surface area contributed by atoms with Crippen molar-refractivity contribution in [3.05, 3.63) is 65.2 Å². The molecule has 4 heteroatoms. The summed E-state index contributed by atoms with van der Waals surface area (Å²) in [4.78, 5) is 1.71. The van der Waals surface area contributed by atoms with Gasteiger partial charge < -0.3 is 15.5 Å². The van der Waals surface area contributed by atoms with E-state index in [0.717, 1.165) is 25.2 Å². The van der Waals surface area contributed by atoms with Gasteiger partial charge in [0.1, 0.15) is 6.54 Å². The van der Waals surface area contributed by atoms with Crippen molar-refractivity contribution in [2.75, 3.05) is 18.4 Å². The lowest BCUT2D eigenvalue weighted by Crippen LogP contribution is -3.08. The van der Waals surface area contributed by atoms with Crippen LogP contribution in [0, 0.1) is 0 Å². The molecule has 0 spiro atoms. The van der Waals surface area contributed by atoms with Gasteiger partial charge in [0.15, 0.2) is 5.11 Å². The summed E-state index contributed by atoms with van der Waals surface area (Å²) in [6.07, 6.45) is 3.81. The van der Waals surface area contributed by atoms with E-state index in [4.69, 9.17) is 12.2 Å². The Morgan fingerprint density at radius 2 is 1.52 bits per heavy atom. The van der Waals surface area contributed by atoms with Crippen LogP contribution < -0.4 is 15.5 Å². The van der Waals surface area contributed by atoms with Crippen LogP contribution >= 0.6 is 12.2 Å². The van der Waals surface area contributed by atoms with Gasteiger partial charge in [-0.15, -0.1) is 0 Å². The SMILES string of the molecule is CCc1ccc(NC(=S)NCc2ccc(C[NH+]3CCCC3)cc2)cc1. The van der Waals surface area contributed by atoms with Crippen LogP contribution in [-0.4, -0.2) is 18.2 Å². The molecule has 132 valence electrons. The predicted octanol–water partition coefficient (Wildman–Crippen LogP) is 2.91. The van der Waals surface area contributed by atoms with E-state index < -0.39 is 0 Å². The third-order valence-corrected chi connectivity index (χ3v) is 5.11. The maximum Gasteiger partial charge on any atom is 0.171 e. The monoisotopic (exact) mass is 354 g/mol. The van der Waals surface area contributed by atoms with Crippen molar-refractivity contribution in [2.24, 2.45) is 0 Å². The second-order valence-corrected chi connectivity index (χ2v) is 7.22. The van der Waals surface area contributed by atoms with Crippen LogP contribution in [-0.2, 0) is 19.5 Å². The minimum atomic E-state index is 0.662. The third kappa shape index (κ3) is 5.55. The molecule has 0 radical (unpaired) electrons. The van der Waals surface area contributed by atoms with Crippen molar-refractivity contribution in [3.8, 4) is 0 Å². The number of hydrogen-bond acceptors (Lipinski definition) is 1. The molecule has 0 aromatic heterocycles. The van der Waals surface area contributed by atoms with Gasteiger partial charge in [-0.05, 0) is 41.9 Å². The van der Waals surface area contributed by atoms with Crippen molar-refractivity contribution in [2.45, 2.75) is 39.3 Å². The van der Waals surface area contributed by atoms with Crippen molar-refractivity contribution in [1.82, 2.24) is 5.32 Å². The Morgan fingerprint density at radius 3 is 2.16 bits per heavy atom. The molecule has 1 fully saturated rings. The molecule has 2 aromatic rings. The minimum Gasteiger partial charge on any atom is -0.358 e. The van der Waals surface area contributed by atoms with Crippen molar-refractivity contribution < 1.29 is 4.90 Å². The molecule has 0 atom stereocenters. The Labute approximate surface area is 156 Å². The maximum absolute atomic E-state index is 5.39. The second kappa shape index (κ2) is 8.97. The van der Waals surface area contributed by atoms with Crippen molar-refractivity contribution in [3.63, 3.8) is 0 Å². The van der Waals surface area contributed by atoms with Crippen molar-refractivity contribution >= 4 is 23.0 Å². The van der Waals surface area contributed by atoms with E-state index in [-0.39, 0.29) is 0 Å². The molecule has 0 amide bonds. The number of thiocarbonyl (C=S) groups is 1. The lowest BCUT2D eigenvalue weighted by molar-refractivity contribution is -0.901. The molecule has 0 aliphatic carbocycles. The largest absolute Gasteiger partial charge is 0.358 e. The minimum absolute atomic E-state index is 0.662. The number of benzene rings is 2. The van der Waals surface area contributed by atoms with E-state index in [1.165, 1.54) is 42.6 Å². The van der Waals surface area contributed by atoms with E-state index in [0.29, 0.717) is 5.11 Å². The summed E-state index contributed by atoms with van der Waals surface area (Å²) in [5.74, 6) is 0. The number of aryl methyl sites for hydroxylation is 1. The van der Waals surface area contributed by atoms with Crippen LogP contribution in [0.25, 0.3) is 0 Å². The van der Waals surface area contributed by atoms with Gasteiger partial charge in [0, 0.05) is 30.6 Å². The van der Waals surface area contributed by atoms with Gasteiger partial charge in [0.25, 0.3) is 0 Å². The zero-order valence-electron chi connectivity index (χ0n) is 15.0. The average molecular weight is 355 g/mol. The van der Waals surface area contributed by atoms with Crippen LogP contribution in [0.2, 0.25) is 0 Å². The Morgan fingerprint density at radius 1 is 0.920 bits per heavy atom. The molecule has 1 aliphatic heterocycles. The molecular formula is C21H28N3S+. The summed E-state index contributed by atoms with van der Waals surface area (Å²) in [6.45, 7) is 6.70.